The zero-order chi connectivity index (χ0) is 8.67. The second-order valence-corrected chi connectivity index (χ2v) is 4.11. The number of fused-ring (bicyclic) bond motifs is 2. The summed E-state index contributed by atoms with van der Waals surface area (Å²) >= 11 is 1.80. The van der Waals surface area contributed by atoms with Crippen molar-refractivity contribution < 1.29 is 0 Å². The van der Waals surface area contributed by atoms with Crippen LogP contribution in [0.25, 0.3) is 20.9 Å². The number of thiophene rings is 1. The Hall–Kier alpha value is -1.05. The lowest BCUT2D eigenvalue weighted by Crippen LogP contribution is -1.69. The number of hydrogen-bond acceptors (Lipinski definition) is 1. The maximum atomic E-state index is 2.26. The summed E-state index contributed by atoms with van der Waals surface area (Å²) in [6.07, 6.45) is 0. The van der Waals surface area contributed by atoms with Crippen molar-refractivity contribution in [3.8, 4) is 0 Å². The van der Waals surface area contributed by atoms with Gasteiger partial charge in [0.05, 0.1) is 0 Å². The molecule has 2 aromatic carbocycles. The molecule has 0 atom stereocenters. The molecule has 0 aliphatic carbocycles. The van der Waals surface area contributed by atoms with Crippen molar-refractivity contribution in [1.82, 2.24) is 0 Å². The standard InChI is InChI=1S/C12H8S.ClH/c1-2-4-10-8-12-11(5-6-13-12)7-9(10)3-1;/h1-8H;1H. The fourth-order valence-corrected chi connectivity index (χ4v) is 2.47. The highest BCUT2D eigenvalue weighted by Gasteiger charge is 1.96. The zero-order valence-corrected chi connectivity index (χ0v) is 9.07. The zero-order valence-electron chi connectivity index (χ0n) is 7.44. The third-order valence-electron chi connectivity index (χ3n) is 2.32. The van der Waals surface area contributed by atoms with Gasteiger partial charge in [0.2, 0.25) is 0 Å². The summed E-state index contributed by atoms with van der Waals surface area (Å²) in [4.78, 5) is 0. The number of hydrogen-bond donors (Lipinski definition) is 0. The quantitative estimate of drug-likeness (QED) is 0.524. The lowest BCUT2D eigenvalue weighted by atomic mass is 10.1. The summed E-state index contributed by atoms with van der Waals surface area (Å²) in [6.45, 7) is 0. The molecule has 0 nitrogen and oxygen atoms in total. The van der Waals surface area contributed by atoms with Gasteiger partial charge in [-0.3, -0.25) is 0 Å². The molecule has 0 aliphatic rings. The summed E-state index contributed by atoms with van der Waals surface area (Å²) in [7, 11) is 0. The molecule has 2 heteroatoms. The van der Waals surface area contributed by atoms with Crippen molar-refractivity contribution in [3.05, 3.63) is 47.8 Å². The number of benzene rings is 2. The Kier molecular flexibility index (Phi) is 2.44. The lowest BCUT2D eigenvalue weighted by Gasteiger charge is -1.96. The minimum absolute atomic E-state index is 0. The highest BCUT2D eigenvalue weighted by atomic mass is 35.5. The van der Waals surface area contributed by atoms with E-state index in [1.54, 1.807) is 11.3 Å². The molecular weight excluding hydrogens is 212 g/mol. The maximum Gasteiger partial charge on any atom is 0.0349 e. The van der Waals surface area contributed by atoms with Crippen molar-refractivity contribution in [3.63, 3.8) is 0 Å². The van der Waals surface area contributed by atoms with Gasteiger partial charge < -0.3 is 0 Å². The van der Waals surface area contributed by atoms with Gasteiger partial charge in [0, 0.05) is 4.70 Å². The Labute approximate surface area is 92.6 Å². The number of rotatable bonds is 0. The highest BCUT2D eigenvalue weighted by molar-refractivity contribution is 7.17. The van der Waals surface area contributed by atoms with E-state index < -0.39 is 0 Å². The highest BCUT2D eigenvalue weighted by Crippen LogP contribution is 2.26. The van der Waals surface area contributed by atoms with E-state index in [0.717, 1.165) is 0 Å². The third kappa shape index (κ3) is 1.39. The van der Waals surface area contributed by atoms with Gasteiger partial charge in [-0.1, -0.05) is 24.3 Å². The predicted molar refractivity (Wildman–Crippen MR) is 66.6 cm³/mol. The second-order valence-electron chi connectivity index (χ2n) is 3.16. The van der Waals surface area contributed by atoms with Crippen LogP contribution < -0.4 is 0 Å². The van der Waals surface area contributed by atoms with Gasteiger partial charge in [-0.2, -0.15) is 0 Å². The minimum atomic E-state index is 0. The molecule has 0 saturated heterocycles. The van der Waals surface area contributed by atoms with Crippen LogP contribution in [0.15, 0.2) is 47.8 Å². The van der Waals surface area contributed by atoms with Crippen LogP contribution in [0.1, 0.15) is 0 Å². The summed E-state index contributed by atoms with van der Waals surface area (Å²) in [6, 6.07) is 15.2. The largest absolute Gasteiger partial charge is 0.147 e. The number of halogens is 1. The molecule has 1 aromatic heterocycles. The van der Waals surface area contributed by atoms with Gasteiger partial charge in [-0.05, 0) is 39.7 Å². The van der Waals surface area contributed by atoms with E-state index in [1.165, 1.54) is 20.9 Å². The van der Waals surface area contributed by atoms with Gasteiger partial charge in [-0.15, -0.1) is 23.7 Å². The lowest BCUT2D eigenvalue weighted by molar-refractivity contribution is 1.81. The molecule has 0 unspecified atom stereocenters. The van der Waals surface area contributed by atoms with Gasteiger partial charge >= 0.3 is 0 Å². The maximum absolute atomic E-state index is 2.26. The topological polar surface area (TPSA) is 0 Å². The van der Waals surface area contributed by atoms with E-state index >= 15 is 0 Å². The molecule has 0 radical (unpaired) electrons. The van der Waals surface area contributed by atoms with Crippen molar-refractivity contribution in [1.29, 1.82) is 0 Å². The van der Waals surface area contributed by atoms with Crippen molar-refractivity contribution in [2.45, 2.75) is 0 Å². The molecule has 0 spiro atoms. The first-order valence-electron chi connectivity index (χ1n) is 4.29. The molecule has 0 saturated carbocycles. The molecule has 0 amide bonds. The third-order valence-corrected chi connectivity index (χ3v) is 3.20. The van der Waals surface area contributed by atoms with Crippen LogP contribution >= 0.6 is 23.7 Å². The average molecular weight is 221 g/mol. The van der Waals surface area contributed by atoms with Crippen LogP contribution in [0.4, 0.5) is 0 Å². The minimum Gasteiger partial charge on any atom is -0.147 e. The van der Waals surface area contributed by atoms with Crippen LogP contribution in [-0.2, 0) is 0 Å². The van der Waals surface area contributed by atoms with Gasteiger partial charge in [0.1, 0.15) is 0 Å². The molecule has 0 bridgehead atoms. The van der Waals surface area contributed by atoms with Crippen LogP contribution in [0.5, 0.6) is 0 Å². The Morgan fingerprint density at radius 1 is 0.786 bits per heavy atom. The first-order valence-corrected chi connectivity index (χ1v) is 5.17. The van der Waals surface area contributed by atoms with Crippen LogP contribution in [0.2, 0.25) is 0 Å². The Balaban J connectivity index is 0.000000750. The summed E-state index contributed by atoms with van der Waals surface area (Å²) < 4.78 is 1.37. The summed E-state index contributed by atoms with van der Waals surface area (Å²) in [5.41, 5.74) is 0. The second kappa shape index (κ2) is 3.60. The smallest absolute Gasteiger partial charge is 0.0349 e. The van der Waals surface area contributed by atoms with Crippen LogP contribution in [0, 0.1) is 0 Å². The van der Waals surface area contributed by atoms with Gasteiger partial charge in [0.15, 0.2) is 0 Å². The van der Waals surface area contributed by atoms with Crippen molar-refractivity contribution in [2.75, 3.05) is 0 Å². The Morgan fingerprint density at radius 2 is 1.50 bits per heavy atom. The molecular formula is C12H9ClS. The molecule has 3 rings (SSSR count). The Bertz CT molecular complexity index is 519. The predicted octanol–water partition coefficient (Wildman–Crippen LogP) is 4.48. The fraction of sp³-hybridized carbons (Fsp3) is 0. The Morgan fingerprint density at radius 3 is 2.29 bits per heavy atom. The van der Waals surface area contributed by atoms with Crippen LogP contribution in [0.3, 0.4) is 0 Å². The van der Waals surface area contributed by atoms with Crippen LogP contribution in [-0.4, -0.2) is 0 Å². The summed E-state index contributed by atoms with van der Waals surface area (Å²) in [5.74, 6) is 0. The van der Waals surface area contributed by atoms with Gasteiger partial charge in [0.25, 0.3) is 0 Å². The van der Waals surface area contributed by atoms with E-state index in [2.05, 4.69) is 47.8 Å². The first-order chi connectivity index (χ1) is 6.43. The van der Waals surface area contributed by atoms with E-state index in [-0.39, 0.29) is 12.4 Å². The van der Waals surface area contributed by atoms with Crippen molar-refractivity contribution in [2.24, 2.45) is 0 Å². The molecule has 14 heavy (non-hydrogen) atoms. The normalized spacial score (nSPS) is 10.3. The molecule has 1 heterocycles. The van der Waals surface area contributed by atoms with Gasteiger partial charge in [-0.25, -0.2) is 0 Å². The molecule has 0 N–H and O–H groups in total. The van der Waals surface area contributed by atoms with E-state index in [4.69, 9.17) is 0 Å². The summed E-state index contributed by atoms with van der Waals surface area (Å²) in [5, 5.41) is 6.15. The molecule has 0 aliphatic heterocycles. The molecule has 3 aromatic rings. The first kappa shape index (κ1) is 9.50. The SMILES string of the molecule is Cl.c1ccc2cc3sccc3cc2c1. The fourth-order valence-electron chi connectivity index (χ4n) is 1.65. The monoisotopic (exact) mass is 220 g/mol. The average Bonchev–Trinajstić information content (AvgIpc) is 2.61. The van der Waals surface area contributed by atoms with Crippen molar-refractivity contribution >= 4 is 44.6 Å². The van der Waals surface area contributed by atoms with E-state index in [1.807, 2.05) is 0 Å². The van der Waals surface area contributed by atoms with E-state index in [0.29, 0.717) is 0 Å². The van der Waals surface area contributed by atoms with E-state index in [9.17, 15) is 0 Å². The molecule has 0 fully saturated rings. The molecule has 70 valence electrons.